The first-order chi connectivity index (χ1) is 17.2. The molecule has 0 spiro atoms. The minimum Gasteiger partial charge on any atom is -0.355 e. The van der Waals surface area contributed by atoms with Crippen LogP contribution in [-0.2, 0) is 17.9 Å². The molecule has 0 saturated carbocycles. The summed E-state index contributed by atoms with van der Waals surface area (Å²) in [6.07, 6.45) is 0.818. The van der Waals surface area contributed by atoms with Crippen molar-refractivity contribution in [3.05, 3.63) is 108 Å². The Balaban J connectivity index is 1.26. The van der Waals surface area contributed by atoms with Crippen molar-refractivity contribution in [3.8, 4) is 11.1 Å². The van der Waals surface area contributed by atoms with E-state index in [0.29, 0.717) is 6.54 Å². The zero-order chi connectivity index (χ0) is 24.0. The second-order valence-electron chi connectivity index (χ2n) is 9.35. The van der Waals surface area contributed by atoms with E-state index in [1.165, 1.54) is 33.0 Å². The summed E-state index contributed by atoms with van der Waals surface area (Å²) in [5.74, 6) is 0.129. The van der Waals surface area contributed by atoms with Gasteiger partial charge < -0.3 is 10.6 Å². The standard InChI is InChI=1S/C31H33N3O/c1-2-32-31(35)30-19-28(22-34(30)21-27-13-8-12-26-11-6-7-14-29(26)27)33-20-23-15-17-25(18-16-23)24-9-4-3-5-10-24/h3-18,28,30,33H,2,19-22H2,1H3,(H,32,35)/t28-,30+/m1/s1. The number of amides is 1. The Morgan fingerprint density at radius 3 is 2.37 bits per heavy atom. The van der Waals surface area contributed by atoms with Gasteiger partial charge in [-0.1, -0.05) is 97.1 Å². The van der Waals surface area contributed by atoms with Crippen molar-refractivity contribution in [1.82, 2.24) is 15.5 Å². The molecule has 1 amide bonds. The summed E-state index contributed by atoms with van der Waals surface area (Å²) in [5, 5.41) is 9.27. The van der Waals surface area contributed by atoms with Gasteiger partial charge in [-0.25, -0.2) is 0 Å². The van der Waals surface area contributed by atoms with Gasteiger partial charge in [0, 0.05) is 32.2 Å². The molecule has 0 aromatic heterocycles. The summed E-state index contributed by atoms with van der Waals surface area (Å²) in [4.78, 5) is 15.3. The Kier molecular flexibility index (Phi) is 7.22. The molecule has 1 aliphatic rings. The molecular formula is C31H33N3O. The van der Waals surface area contributed by atoms with Crippen molar-refractivity contribution in [2.24, 2.45) is 0 Å². The van der Waals surface area contributed by atoms with Gasteiger partial charge in [-0.3, -0.25) is 9.69 Å². The summed E-state index contributed by atoms with van der Waals surface area (Å²) in [7, 11) is 0. The Morgan fingerprint density at radius 2 is 1.57 bits per heavy atom. The van der Waals surface area contributed by atoms with Crippen LogP contribution in [0.25, 0.3) is 21.9 Å². The molecule has 0 radical (unpaired) electrons. The fourth-order valence-corrected chi connectivity index (χ4v) is 5.15. The van der Waals surface area contributed by atoms with Crippen molar-refractivity contribution in [1.29, 1.82) is 0 Å². The van der Waals surface area contributed by atoms with Gasteiger partial charge in [0.2, 0.25) is 5.91 Å². The lowest BCUT2D eigenvalue weighted by Gasteiger charge is -2.24. The van der Waals surface area contributed by atoms with Crippen LogP contribution in [0.5, 0.6) is 0 Å². The van der Waals surface area contributed by atoms with Crippen LogP contribution in [0.1, 0.15) is 24.5 Å². The van der Waals surface area contributed by atoms with E-state index in [-0.39, 0.29) is 18.0 Å². The average Bonchev–Trinajstić information content (AvgIpc) is 3.31. The monoisotopic (exact) mass is 463 g/mol. The first kappa shape index (κ1) is 23.3. The number of hydrogen-bond acceptors (Lipinski definition) is 3. The van der Waals surface area contributed by atoms with Crippen LogP contribution >= 0.6 is 0 Å². The van der Waals surface area contributed by atoms with E-state index in [1.54, 1.807) is 0 Å². The summed E-state index contributed by atoms with van der Waals surface area (Å²) in [5.41, 5.74) is 4.99. The molecule has 4 aromatic carbocycles. The van der Waals surface area contributed by atoms with Crippen molar-refractivity contribution in [2.75, 3.05) is 13.1 Å². The molecule has 1 saturated heterocycles. The van der Waals surface area contributed by atoms with Crippen LogP contribution in [0.3, 0.4) is 0 Å². The Hall–Kier alpha value is -3.47. The number of carbonyl (C=O) groups excluding carboxylic acids is 1. The lowest BCUT2D eigenvalue weighted by Crippen LogP contribution is -2.42. The van der Waals surface area contributed by atoms with Crippen LogP contribution in [0, 0.1) is 0 Å². The first-order valence-electron chi connectivity index (χ1n) is 12.6. The molecule has 178 valence electrons. The predicted molar refractivity (Wildman–Crippen MR) is 144 cm³/mol. The molecule has 4 nitrogen and oxygen atoms in total. The number of benzene rings is 4. The smallest absolute Gasteiger partial charge is 0.237 e. The van der Waals surface area contributed by atoms with E-state index < -0.39 is 0 Å². The fraction of sp³-hybridized carbons (Fsp3) is 0.258. The highest BCUT2D eigenvalue weighted by Crippen LogP contribution is 2.26. The second-order valence-corrected chi connectivity index (χ2v) is 9.35. The zero-order valence-electron chi connectivity index (χ0n) is 20.3. The molecule has 2 N–H and O–H groups in total. The van der Waals surface area contributed by atoms with Crippen LogP contribution < -0.4 is 10.6 Å². The number of fused-ring (bicyclic) bond motifs is 1. The maximum atomic E-state index is 12.9. The second kappa shape index (κ2) is 10.9. The average molecular weight is 464 g/mol. The molecule has 1 heterocycles. The van der Waals surface area contributed by atoms with Crippen molar-refractivity contribution < 1.29 is 4.79 Å². The van der Waals surface area contributed by atoms with Gasteiger partial charge in [-0.05, 0) is 46.4 Å². The predicted octanol–water partition coefficient (Wildman–Crippen LogP) is 5.38. The number of nitrogens with zero attached hydrogens (tertiary/aromatic N) is 1. The molecule has 2 atom stereocenters. The largest absolute Gasteiger partial charge is 0.355 e. The molecule has 4 heteroatoms. The molecular weight excluding hydrogens is 430 g/mol. The Bertz CT molecular complexity index is 1260. The van der Waals surface area contributed by atoms with Gasteiger partial charge in [-0.15, -0.1) is 0 Å². The molecule has 1 fully saturated rings. The summed E-state index contributed by atoms with van der Waals surface area (Å²) < 4.78 is 0. The third-order valence-electron chi connectivity index (χ3n) is 6.97. The third-order valence-corrected chi connectivity index (χ3v) is 6.97. The third kappa shape index (κ3) is 5.45. The minimum atomic E-state index is -0.119. The number of hydrogen-bond donors (Lipinski definition) is 2. The summed E-state index contributed by atoms with van der Waals surface area (Å²) in [6, 6.07) is 34.3. The molecule has 35 heavy (non-hydrogen) atoms. The van der Waals surface area contributed by atoms with Gasteiger partial charge in [0.25, 0.3) is 0 Å². The van der Waals surface area contributed by atoms with Crippen molar-refractivity contribution >= 4 is 16.7 Å². The van der Waals surface area contributed by atoms with Gasteiger partial charge in [0.05, 0.1) is 6.04 Å². The Labute approximate surface area is 208 Å². The quantitative estimate of drug-likeness (QED) is 0.369. The molecule has 0 unspecified atom stereocenters. The molecule has 0 bridgehead atoms. The highest BCUT2D eigenvalue weighted by atomic mass is 16.2. The van der Waals surface area contributed by atoms with Crippen molar-refractivity contribution in [3.63, 3.8) is 0 Å². The van der Waals surface area contributed by atoms with Gasteiger partial charge in [0.15, 0.2) is 0 Å². The number of likely N-dealkylation sites (tertiary alicyclic amines) is 1. The van der Waals surface area contributed by atoms with E-state index in [2.05, 4.69) is 107 Å². The summed E-state index contributed by atoms with van der Waals surface area (Å²) in [6.45, 7) is 5.06. The zero-order valence-corrected chi connectivity index (χ0v) is 20.3. The maximum Gasteiger partial charge on any atom is 0.237 e. The number of carbonyl (C=O) groups is 1. The van der Waals surface area contributed by atoms with Crippen LogP contribution in [0.4, 0.5) is 0 Å². The van der Waals surface area contributed by atoms with E-state index in [4.69, 9.17) is 0 Å². The minimum absolute atomic E-state index is 0.119. The normalized spacial score (nSPS) is 18.1. The number of rotatable bonds is 8. The van der Waals surface area contributed by atoms with E-state index in [1.807, 2.05) is 13.0 Å². The van der Waals surface area contributed by atoms with E-state index in [0.717, 1.165) is 26.1 Å². The number of likely N-dealkylation sites (N-methyl/N-ethyl adjacent to an activating group) is 1. The van der Waals surface area contributed by atoms with E-state index in [9.17, 15) is 4.79 Å². The van der Waals surface area contributed by atoms with Gasteiger partial charge in [-0.2, -0.15) is 0 Å². The molecule has 5 rings (SSSR count). The highest BCUT2D eigenvalue weighted by molar-refractivity contribution is 5.86. The molecule has 4 aromatic rings. The van der Waals surface area contributed by atoms with Crippen LogP contribution in [-0.4, -0.2) is 36.0 Å². The lowest BCUT2D eigenvalue weighted by atomic mass is 10.0. The lowest BCUT2D eigenvalue weighted by molar-refractivity contribution is -0.125. The molecule has 1 aliphatic heterocycles. The Morgan fingerprint density at radius 1 is 0.857 bits per heavy atom. The molecule has 0 aliphatic carbocycles. The van der Waals surface area contributed by atoms with Crippen molar-refractivity contribution in [2.45, 2.75) is 38.5 Å². The fourth-order valence-electron chi connectivity index (χ4n) is 5.15. The van der Waals surface area contributed by atoms with Crippen LogP contribution in [0.15, 0.2) is 97.1 Å². The van der Waals surface area contributed by atoms with E-state index >= 15 is 0 Å². The van der Waals surface area contributed by atoms with Gasteiger partial charge in [0.1, 0.15) is 0 Å². The van der Waals surface area contributed by atoms with Crippen LogP contribution in [0.2, 0.25) is 0 Å². The maximum absolute atomic E-state index is 12.9. The first-order valence-corrected chi connectivity index (χ1v) is 12.6. The number of nitrogens with one attached hydrogen (secondary N) is 2. The van der Waals surface area contributed by atoms with Gasteiger partial charge >= 0.3 is 0 Å². The highest BCUT2D eigenvalue weighted by Gasteiger charge is 2.36. The topological polar surface area (TPSA) is 44.4 Å². The SMILES string of the molecule is CCNC(=O)[C@@H]1C[C@@H](NCc2ccc(-c3ccccc3)cc2)CN1Cc1cccc2ccccc12. The summed E-state index contributed by atoms with van der Waals surface area (Å²) >= 11 is 0.